The first-order chi connectivity index (χ1) is 9.75. The van der Waals surface area contributed by atoms with Crippen LogP contribution in [0.2, 0.25) is 0 Å². The fourth-order valence-corrected chi connectivity index (χ4v) is 2.06. The minimum Gasteiger partial charge on any atom is -0.269 e. The summed E-state index contributed by atoms with van der Waals surface area (Å²) in [5, 5.41) is 0. The minimum absolute atomic E-state index is 0.246. The third-order valence-electron chi connectivity index (χ3n) is 2.94. The highest BCUT2D eigenvalue weighted by Gasteiger charge is 2.09. The maximum Gasteiger partial charge on any atom is 0.258 e. The highest BCUT2D eigenvalue weighted by atomic mass is 19.1. The molecule has 3 rings (SSSR count). The van der Waals surface area contributed by atoms with E-state index in [1.807, 2.05) is 30.3 Å². The Morgan fingerprint density at radius 2 is 1.75 bits per heavy atom. The number of aromatic nitrogens is 2. The Labute approximate surface area is 115 Å². The van der Waals surface area contributed by atoms with Gasteiger partial charge in [-0.25, -0.2) is 9.37 Å². The SMILES string of the molecule is O=c1ccnc(-c2ccccc2)n1-c1cccc(F)c1. The fourth-order valence-electron chi connectivity index (χ4n) is 2.06. The van der Waals surface area contributed by atoms with Gasteiger partial charge >= 0.3 is 0 Å². The Morgan fingerprint density at radius 3 is 2.50 bits per heavy atom. The van der Waals surface area contributed by atoms with Gasteiger partial charge in [0.25, 0.3) is 5.56 Å². The van der Waals surface area contributed by atoms with Crippen LogP contribution < -0.4 is 5.56 Å². The summed E-state index contributed by atoms with van der Waals surface area (Å²) in [4.78, 5) is 16.4. The molecule has 0 aliphatic heterocycles. The highest BCUT2D eigenvalue weighted by Crippen LogP contribution is 2.18. The Morgan fingerprint density at radius 1 is 0.950 bits per heavy atom. The molecule has 0 spiro atoms. The Bertz CT molecular complexity index is 797. The first-order valence-corrected chi connectivity index (χ1v) is 6.15. The molecule has 3 aromatic rings. The molecule has 0 saturated heterocycles. The van der Waals surface area contributed by atoms with Crippen LogP contribution in [0.25, 0.3) is 17.1 Å². The lowest BCUT2D eigenvalue weighted by molar-refractivity contribution is 0.626. The zero-order valence-electron chi connectivity index (χ0n) is 10.5. The second-order valence-electron chi connectivity index (χ2n) is 4.29. The van der Waals surface area contributed by atoms with E-state index in [1.165, 1.54) is 29.0 Å². The molecule has 0 N–H and O–H groups in total. The third-order valence-corrected chi connectivity index (χ3v) is 2.94. The topological polar surface area (TPSA) is 34.9 Å². The van der Waals surface area contributed by atoms with E-state index in [0.29, 0.717) is 11.5 Å². The van der Waals surface area contributed by atoms with Crippen molar-refractivity contribution in [2.75, 3.05) is 0 Å². The molecule has 1 heterocycles. The van der Waals surface area contributed by atoms with Crippen LogP contribution in [0, 0.1) is 5.82 Å². The van der Waals surface area contributed by atoms with Gasteiger partial charge in [0.15, 0.2) is 0 Å². The van der Waals surface area contributed by atoms with Crippen molar-refractivity contribution in [3.8, 4) is 17.1 Å². The lowest BCUT2D eigenvalue weighted by Crippen LogP contribution is -2.20. The number of hydrogen-bond acceptors (Lipinski definition) is 2. The molecule has 0 saturated carbocycles. The van der Waals surface area contributed by atoms with Crippen LogP contribution in [0.15, 0.2) is 71.7 Å². The van der Waals surface area contributed by atoms with Crippen molar-refractivity contribution in [1.82, 2.24) is 9.55 Å². The normalized spacial score (nSPS) is 10.4. The van der Waals surface area contributed by atoms with Crippen LogP contribution in [-0.2, 0) is 0 Å². The zero-order valence-corrected chi connectivity index (χ0v) is 10.5. The van der Waals surface area contributed by atoms with Gasteiger partial charge in [0.05, 0.1) is 5.69 Å². The van der Waals surface area contributed by atoms with Gasteiger partial charge in [-0.2, -0.15) is 0 Å². The monoisotopic (exact) mass is 266 g/mol. The molecule has 3 nitrogen and oxygen atoms in total. The molecule has 0 aliphatic carbocycles. The van der Waals surface area contributed by atoms with Crippen LogP contribution in [0.5, 0.6) is 0 Å². The van der Waals surface area contributed by atoms with E-state index < -0.39 is 5.82 Å². The summed E-state index contributed by atoms with van der Waals surface area (Å²) < 4.78 is 14.8. The molecule has 0 fully saturated rings. The summed E-state index contributed by atoms with van der Waals surface area (Å²) in [6.07, 6.45) is 1.46. The van der Waals surface area contributed by atoms with Crippen LogP contribution in [0.1, 0.15) is 0 Å². The fraction of sp³-hybridized carbons (Fsp3) is 0. The van der Waals surface area contributed by atoms with Crippen LogP contribution in [-0.4, -0.2) is 9.55 Å². The summed E-state index contributed by atoms with van der Waals surface area (Å²) in [5.41, 5.74) is 1.01. The van der Waals surface area contributed by atoms with Crippen molar-refractivity contribution < 1.29 is 4.39 Å². The average Bonchev–Trinajstić information content (AvgIpc) is 2.48. The summed E-state index contributed by atoms with van der Waals surface area (Å²) in [5.74, 6) is 0.0981. The van der Waals surface area contributed by atoms with Gasteiger partial charge in [-0.15, -0.1) is 0 Å². The number of nitrogens with zero attached hydrogens (tertiary/aromatic N) is 2. The van der Waals surface area contributed by atoms with E-state index in [0.717, 1.165) is 5.56 Å². The average molecular weight is 266 g/mol. The van der Waals surface area contributed by atoms with Crippen molar-refractivity contribution in [2.24, 2.45) is 0 Å². The number of halogens is 1. The standard InChI is InChI=1S/C16H11FN2O/c17-13-7-4-8-14(11-13)19-15(20)9-10-18-16(19)12-5-2-1-3-6-12/h1-11H. The van der Waals surface area contributed by atoms with Gasteiger partial charge in [0, 0.05) is 17.8 Å². The van der Waals surface area contributed by atoms with Gasteiger partial charge in [-0.05, 0) is 18.2 Å². The molecule has 98 valence electrons. The summed E-state index contributed by atoms with van der Waals surface area (Å²) in [6.45, 7) is 0. The molecule has 0 amide bonds. The quantitative estimate of drug-likeness (QED) is 0.714. The van der Waals surface area contributed by atoms with E-state index in [1.54, 1.807) is 12.1 Å². The Balaban J connectivity index is 2.28. The Hall–Kier alpha value is -2.75. The lowest BCUT2D eigenvalue weighted by Gasteiger charge is -2.11. The van der Waals surface area contributed by atoms with E-state index in [2.05, 4.69) is 4.98 Å². The smallest absolute Gasteiger partial charge is 0.258 e. The first-order valence-electron chi connectivity index (χ1n) is 6.15. The highest BCUT2D eigenvalue weighted by molar-refractivity contribution is 5.58. The van der Waals surface area contributed by atoms with E-state index >= 15 is 0 Å². The molecule has 0 atom stereocenters. The molecule has 2 aromatic carbocycles. The molecule has 20 heavy (non-hydrogen) atoms. The van der Waals surface area contributed by atoms with Gasteiger partial charge < -0.3 is 0 Å². The lowest BCUT2D eigenvalue weighted by atomic mass is 10.2. The third kappa shape index (κ3) is 2.23. The summed E-state index contributed by atoms with van der Waals surface area (Å²) >= 11 is 0. The van der Waals surface area contributed by atoms with Crippen LogP contribution >= 0.6 is 0 Å². The van der Waals surface area contributed by atoms with Crippen molar-refractivity contribution >= 4 is 0 Å². The van der Waals surface area contributed by atoms with Crippen LogP contribution in [0.4, 0.5) is 4.39 Å². The van der Waals surface area contributed by atoms with E-state index in [-0.39, 0.29) is 5.56 Å². The molecule has 4 heteroatoms. The van der Waals surface area contributed by atoms with E-state index in [9.17, 15) is 9.18 Å². The predicted octanol–water partition coefficient (Wildman–Crippen LogP) is 3.04. The molecule has 0 bridgehead atoms. The van der Waals surface area contributed by atoms with Crippen molar-refractivity contribution in [2.45, 2.75) is 0 Å². The maximum absolute atomic E-state index is 13.4. The summed E-state index contributed by atoms with van der Waals surface area (Å²) in [6, 6.07) is 16.6. The first kappa shape index (κ1) is 12.3. The predicted molar refractivity (Wildman–Crippen MR) is 75.2 cm³/mol. The van der Waals surface area contributed by atoms with Crippen LogP contribution in [0.3, 0.4) is 0 Å². The summed E-state index contributed by atoms with van der Waals surface area (Å²) in [7, 11) is 0. The molecule has 0 aliphatic rings. The second kappa shape index (κ2) is 5.09. The van der Waals surface area contributed by atoms with Gasteiger partial charge in [0.2, 0.25) is 0 Å². The number of hydrogen-bond donors (Lipinski definition) is 0. The molecule has 0 radical (unpaired) electrons. The molecule has 1 aromatic heterocycles. The van der Waals surface area contributed by atoms with Gasteiger partial charge in [-0.1, -0.05) is 36.4 Å². The van der Waals surface area contributed by atoms with E-state index in [4.69, 9.17) is 0 Å². The molecular formula is C16H11FN2O. The largest absolute Gasteiger partial charge is 0.269 e. The number of rotatable bonds is 2. The zero-order chi connectivity index (χ0) is 13.9. The minimum atomic E-state index is -0.391. The Kier molecular flexibility index (Phi) is 3.13. The number of benzene rings is 2. The van der Waals surface area contributed by atoms with Crippen molar-refractivity contribution in [3.63, 3.8) is 0 Å². The molecule has 0 unspecified atom stereocenters. The molecular weight excluding hydrogens is 255 g/mol. The maximum atomic E-state index is 13.4. The van der Waals surface area contributed by atoms with Gasteiger partial charge in [-0.3, -0.25) is 9.36 Å². The van der Waals surface area contributed by atoms with Crippen molar-refractivity contribution in [1.29, 1.82) is 0 Å². The van der Waals surface area contributed by atoms with Crippen molar-refractivity contribution in [3.05, 3.63) is 83.0 Å². The van der Waals surface area contributed by atoms with Gasteiger partial charge in [0.1, 0.15) is 11.6 Å². The second-order valence-corrected chi connectivity index (χ2v) is 4.29.